The highest BCUT2D eigenvalue weighted by atomic mass is 16.5. The summed E-state index contributed by atoms with van der Waals surface area (Å²) in [5.41, 5.74) is 6.17. The van der Waals surface area contributed by atoms with Gasteiger partial charge < -0.3 is 14.2 Å². The fourth-order valence-electron chi connectivity index (χ4n) is 6.15. The van der Waals surface area contributed by atoms with Gasteiger partial charge in [-0.15, -0.1) is 0 Å². The van der Waals surface area contributed by atoms with Crippen LogP contribution in [-0.2, 0) is 11.8 Å². The Hall–Kier alpha value is -4.83. The van der Waals surface area contributed by atoms with Gasteiger partial charge in [0.05, 0.1) is 5.41 Å². The molecule has 0 aliphatic carbocycles. The highest BCUT2D eigenvalue weighted by Gasteiger charge is 2.33. The van der Waals surface area contributed by atoms with Gasteiger partial charge >= 0.3 is 5.97 Å². The van der Waals surface area contributed by atoms with Crippen LogP contribution in [0.1, 0.15) is 45.1 Å². The normalized spacial score (nSPS) is 12.4. The third-order valence-electron chi connectivity index (χ3n) is 8.55. The molecule has 6 aromatic rings. The van der Waals surface area contributed by atoms with Crippen LogP contribution in [0.2, 0.25) is 0 Å². The van der Waals surface area contributed by atoms with Gasteiger partial charge in [0.2, 0.25) is 0 Å². The van der Waals surface area contributed by atoms with Crippen molar-refractivity contribution in [1.82, 2.24) is 4.57 Å². The maximum atomic E-state index is 13.5. The number of para-hydroxylation sites is 3. The van der Waals surface area contributed by atoms with Gasteiger partial charge in [-0.3, -0.25) is 4.79 Å². The van der Waals surface area contributed by atoms with Crippen LogP contribution in [0, 0.1) is 5.41 Å². The molecule has 0 saturated carbocycles. The Labute approximate surface area is 254 Å². The summed E-state index contributed by atoms with van der Waals surface area (Å²) in [5.74, 6) is 0.569. The van der Waals surface area contributed by atoms with Gasteiger partial charge in [0.25, 0.3) is 0 Å². The van der Waals surface area contributed by atoms with Crippen LogP contribution in [0.4, 0.5) is 17.1 Å². The molecule has 1 atom stereocenters. The van der Waals surface area contributed by atoms with Crippen molar-refractivity contribution in [2.75, 3.05) is 4.90 Å². The average molecular weight is 567 g/mol. The van der Waals surface area contributed by atoms with Crippen molar-refractivity contribution in [2.24, 2.45) is 12.5 Å². The molecule has 1 unspecified atom stereocenters. The number of esters is 1. The van der Waals surface area contributed by atoms with Gasteiger partial charge in [0.1, 0.15) is 5.75 Å². The van der Waals surface area contributed by atoms with Gasteiger partial charge in [0, 0.05) is 45.9 Å². The smallest absolute Gasteiger partial charge is 0.316 e. The number of nitrogens with zero attached hydrogens (tertiary/aromatic N) is 2. The Balaban J connectivity index is 1.20. The molecule has 0 N–H and O–H groups in total. The number of aryl methyl sites for hydroxylation is 1. The van der Waals surface area contributed by atoms with Gasteiger partial charge in [-0.2, -0.15) is 0 Å². The average Bonchev–Trinajstić information content (AvgIpc) is 3.33. The summed E-state index contributed by atoms with van der Waals surface area (Å²) in [6.45, 7) is 6.19. The Morgan fingerprint density at radius 2 is 1.28 bits per heavy atom. The van der Waals surface area contributed by atoms with E-state index in [1.54, 1.807) is 0 Å². The van der Waals surface area contributed by atoms with Crippen LogP contribution < -0.4 is 9.64 Å². The van der Waals surface area contributed by atoms with E-state index >= 15 is 0 Å². The van der Waals surface area contributed by atoms with Crippen molar-refractivity contribution in [1.29, 1.82) is 0 Å². The molecule has 0 saturated heterocycles. The minimum Gasteiger partial charge on any atom is -0.426 e. The largest absolute Gasteiger partial charge is 0.426 e. The molecule has 0 amide bonds. The van der Waals surface area contributed by atoms with E-state index in [2.05, 4.69) is 90.2 Å². The van der Waals surface area contributed by atoms with Gasteiger partial charge in [0.15, 0.2) is 0 Å². The van der Waals surface area contributed by atoms with Crippen molar-refractivity contribution in [2.45, 2.75) is 39.5 Å². The Morgan fingerprint density at radius 3 is 1.91 bits per heavy atom. The third kappa shape index (κ3) is 5.65. The van der Waals surface area contributed by atoms with Crippen LogP contribution in [0.5, 0.6) is 5.75 Å². The summed E-state index contributed by atoms with van der Waals surface area (Å²) >= 11 is 0. The third-order valence-corrected chi connectivity index (χ3v) is 8.55. The minimum absolute atomic E-state index is 0.215. The molecule has 1 aromatic heterocycles. The first-order valence-electron chi connectivity index (χ1n) is 15.1. The topological polar surface area (TPSA) is 34.5 Å². The van der Waals surface area contributed by atoms with E-state index in [0.29, 0.717) is 12.2 Å². The van der Waals surface area contributed by atoms with E-state index in [-0.39, 0.29) is 11.9 Å². The molecule has 216 valence electrons. The SMILES string of the molecule is CCC(CC(C)(C)C(=O)Oc1ccc(N(c2ccccc2)c2ccccc2)cc1)c1ccc2c(c1)c1ccccc1n2C. The van der Waals surface area contributed by atoms with E-state index in [0.717, 1.165) is 23.5 Å². The number of fused-ring (bicyclic) bond motifs is 3. The van der Waals surface area contributed by atoms with Gasteiger partial charge in [-0.05, 0) is 105 Å². The van der Waals surface area contributed by atoms with E-state index in [4.69, 9.17) is 4.74 Å². The fourth-order valence-corrected chi connectivity index (χ4v) is 6.15. The predicted molar refractivity (Wildman–Crippen MR) is 179 cm³/mol. The van der Waals surface area contributed by atoms with Crippen molar-refractivity contribution in [3.05, 3.63) is 133 Å². The number of carbonyl (C=O) groups is 1. The zero-order valence-electron chi connectivity index (χ0n) is 25.3. The molecule has 4 nitrogen and oxygen atoms in total. The Bertz CT molecular complexity index is 1820. The maximum absolute atomic E-state index is 13.5. The van der Waals surface area contributed by atoms with E-state index in [1.807, 2.05) is 74.5 Å². The number of hydrogen-bond acceptors (Lipinski definition) is 3. The molecular formula is C39H38N2O2. The maximum Gasteiger partial charge on any atom is 0.316 e. The molecule has 0 spiro atoms. The molecule has 0 fully saturated rings. The van der Waals surface area contributed by atoms with Crippen molar-refractivity contribution < 1.29 is 9.53 Å². The lowest BCUT2D eigenvalue weighted by atomic mass is 9.78. The fraction of sp³-hybridized carbons (Fsp3) is 0.205. The number of ether oxygens (including phenoxy) is 1. The number of hydrogen-bond donors (Lipinski definition) is 0. The number of aromatic nitrogens is 1. The minimum atomic E-state index is -0.660. The molecule has 43 heavy (non-hydrogen) atoms. The zero-order chi connectivity index (χ0) is 30.0. The summed E-state index contributed by atoms with van der Waals surface area (Å²) in [6, 6.07) is 43.6. The monoisotopic (exact) mass is 566 g/mol. The summed E-state index contributed by atoms with van der Waals surface area (Å²) in [7, 11) is 2.12. The number of anilines is 3. The molecule has 6 rings (SSSR count). The lowest BCUT2D eigenvalue weighted by Crippen LogP contribution is -2.30. The van der Waals surface area contributed by atoms with E-state index in [9.17, 15) is 4.79 Å². The van der Waals surface area contributed by atoms with Crippen LogP contribution in [-0.4, -0.2) is 10.5 Å². The Morgan fingerprint density at radius 1 is 0.721 bits per heavy atom. The van der Waals surface area contributed by atoms with Crippen LogP contribution in [0.3, 0.4) is 0 Å². The first kappa shape index (κ1) is 28.3. The second-order valence-electron chi connectivity index (χ2n) is 11.9. The molecule has 1 heterocycles. The molecule has 0 aliphatic heterocycles. The summed E-state index contributed by atoms with van der Waals surface area (Å²) < 4.78 is 8.23. The summed E-state index contributed by atoms with van der Waals surface area (Å²) in [5, 5.41) is 2.52. The van der Waals surface area contributed by atoms with E-state index < -0.39 is 5.41 Å². The van der Waals surface area contributed by atoms with Crippen LogP contribution in [0.15, 0.2) is 127 Å². The predicted octanol–water partition coefficient (Wildman–Crippen LogP) is 10.3. The standard InChI is InChI=1S/C39H38N2O2/c1-5-28(29-20-25-37-35(26-29)34-18-12-13-19-36(34)40(37)4)27-39(2,3)38(42)43-33-23-21-32(22-24-33)41(30-14-8-6-9-15-30)31-16-10-7-11-17-31/h6-26,28H,5,27H2,1-4H3. The molecule has 5 aromatic carbocycles. The second kappa shape index (κ2) is 11.8. The number of rotatable bonds is 9. The number of benzene rings is 5. The van der Waals surface area contributed by atoms with Crippen molar-refractivity contribution in [3.8, 4) is 5.75 Å². The second-order valence-corrected chi connectivity index (χ2v) is 11.9. The van der Waals surface area contributed by atoms with Gasteiger partial charge in [-0.25, -0.2) is 0 Å². The Kier molecular flexibility index (Phi) is 7.77. The molecule has 4 heteroatoms. The summed E-state index contributed by atoms with van der Waals surface area (Å²) in [4.78, 5) is 15.7. The molecule has 0 radical (unpaired) electrons. The molecular weight excluding hydrogens is 528 g/mol. The highest BCUT2D eigenvalue weighted by molar-refractivity contribution is 6.08. The first-order chi connectivity index (χ1) is 20.9. The zero-order valence-corrected chi connectivity index (χ0v) is 25.3. The van der Waals surface area contributed by atoms with Crippen LogP contribution in [0.25, 0.3) is 21.8 Å². The first-order valence-corrected chi connectivity index (χ1v) is 15.1. The lowest BCUT2D eigenvalue weighted by Gasteiger charge is -2.28. The number of carbonyl (C=O) groups excluding carboxylic acids is 1. The van der Waals surface area contributed by atoms with Crippen LogP contribution >= 0.6 is 0 Å². The molecule has 0 bridgehead atoms. The molecule has 0 aliphatic rings. The lowest BCUT2D eigenvalue weighted by molar-refractivity contribution is -0.144. The van der Waals surface area contributed by atoms with E-state index in [1.165, 1.54) is 27.4 Å². The summed E-state index contributed by atoms with van der Waals surface area (Å²) in [6.07, 6.45) is 1.64. The van der Waals surface area contributed by atoms with Crippen molar-refractivity contribution >= 4 is 44.8 Å². The van der Waals surface area contributed by atoms with Crippen molar-refractivity contribution in [3.63, 3.8) is 0 Å². The quantitative estimate of drug-likeness (QED) is 0.129. The van der Waals surface area contributed by atoms with Gasteiger partial charge in [-0.1, -0.05) is 67.6 Å². The highest BCUT2D eigenvalue weighted by Crippen LogP contribution is 2.39.